The van der Waals surface area contributed by atoms with Crippen LogP contribution >= 0.6 is 0 Å². The van der Waals surface area contributed by atoms with Gasteiger partial charge in [0.15, 0.2) is 0 Å². The van der Waals surface area contributed by atoms with Gasteiger partial charge in [0.25, 0.3) is 0 Å². The average molecular weight is 431 g/mol. The Bertz CT molecular complexity index is 547. The van der Waals surface area contributed by atoms with Crippen LogP contribution in [0.4, 0.5) is 0 Å². The molecule has 0 aliphatic heterocycles. The standard InChI is InChI=1S/C15H26O.C14H24O/c1-9(2)10(3)16-15-13-5-11-4-12(7-13)8-14(15)6-11;1-3-15-10(2)14-7-11-4-12(8-14)6-13(5-11)9-14/h9-15H,4-8H2,1-3H3;10-13H,3-9H2,1-2H3. The van der Waals surface area contributed by atoms with Gasteiger partial charge in [-0.05, 0) is 144 Å². The van der Waals surface area contributed by atoms with Gasteiger partial charge in [0.1, 0.15) is 0 Å². The van der Waals surface area contributed by atoms with E-state index < -0.39 is 0 Å². The molecular weight excluding hydrogens is 380 g/mol. The van der Waals surface area contributed by atoms with Gasteiger partial charge in [-0.3, -0.25) is 0 Å². The summed E-state index contributed by atoms with van der Waals surface area (Å²) >= 11 is 0. The minimum absolute atomic E-state index is 0.447. The van der Waals surface area contributed by atoms with Gasteiger partial charge in [0, 0.05) is 6.61 Å². The second-order valence-corrected chi connectivity index (χ2v) is 13.4. The Kier molecular flexibility index (Phi) is 6.54. The van der Waals surface area contributed by atoms with E-state index in [1.165, 1.54) is 64.2 Å². The van der Waals surface area contributed by atoms with Gasteiger partial charge in [-0.2, -0.15) is 0 Å². The largest absolute Gasteiger partial charge is 0.378 e. The number of rotatable bonds is 6. The Hall–Kier alpha value is -0.0800. The van der Waals surface area contributed by atoms with E-state index in [-0.39, 0.29) is 0 Å². The van der Waals surface area contributed by atoms with E-state index in [9.17, 15) is 0 Å². The molecule has 8 aliphatic rings. The van der Waals surface area contributed by atoms with Crippen LogP contribution in [0.5, 0.6) is 0 Å². The number of ether oxygens (including phenoxy) is 2. The Morgan fingerprint density at radius 3 is 1.55 bits per heavy atom. The maximum atomic E-state index is 6.39. The predicted octanol–water partition coefficient (Wildman–Crippen LogP) is 7.50. The first kappa shape index (κ1) is 22.7. The van der Waals surface area contributed by atoms with Crippen molar-refractivity contribution in [2.24, 2.45) is 52.8 Å². The van der Waals surface area contributed by atoms with E-state index >= 15 is 0 Å². The predicted molar refractivity (Wildman–Crippen MR) is 128 cm³/mol. The summed E-state index contributed by atoms with van der Waals surface area (Å²) in [6.07, 6.45) is 18.0. The van der Waals surface area contributed by atoms with Crippen LogP contribution in [0.3, 0.4) is 0 Å². The fourth-order valence-corrected chi connectivity index (χ4v) is 9.60. The third kappa shape index (κ3) is 4.51. The average Bonchev–Trinajstić information content (AvgIpc) is 2.69. The van der Waals surface area contributed by atoms with Crippen LogP contribution in [-0.4, -0.2) is 24.9 Å². The third-order valence-corrected chi connectivity index (χ3v) is 10.8. The molecule has 8 bridgehead atoms. The van der Waals surface area contributed by atoms with Crippen LogP contribution in [0.25, 0.3) is 0 Å². The van der Waals surface area contributed by atoms with E-state index in [4.69, 9.17) is 9.47 Å². The van der Waals surface area contributed by atoms with Gasteiger partial charge in [-0.1, -0.05) is 13.8 Å². The highest BCUT2D eigenvalue weighted by Crippen LogP contribution is 2.61. The monoisotopic (exact) mass is 430 g/mol. The lowest BCUT2D eigenvalue weighted by molar-refractivity contribution is -0.155. The molecule has 8 fully saturated rings. The summed E-state index contributed by atoms with van der Waals surface area (Å²) in [7, 11) is 0. The molecule has 31 heavy (non-hydrogen) atoms. The molecule has 2 atom stereocenters. The van der Waals surface area contributed by atoms with E-state index in [2.05, 4.69) is 34.6 Å². The molecule has 0 heterocycles. The normalized spacial score (nSPS) is 48.6. The van der Waals surface area contributed by atoms with Gasteiger partial charge in [0.2, 0.25) is 0 Å². The second-order valence-electron chi connectivity index (χ2n) is 13.4. The van der Waals surface area contributed by atoms with Crippen molar-refractivity contribution in [3.63, 3.8) is 0 Å². The Morgan fingerprint density at radius 1 is 0.677 bits per heavy atom. The molecule has 2 heteroatoms. The van der Waals surface area contributed by atoms with Crippen molar-refractivity contribution in [2.75, 3.05) is 6.61 Å². The lowest BCUT2D eigenvalue weighted by Crippen LogP contribution is -2.51. The number of hydrogen-bond donors (Lipinski definition) is 0. The Labute approximate surface area is 192 Å². The zero-order valence-corrected chi connectivity index (χ0v) is 21.2. The van der Waals surface area contributed by atoms with E-state index in [0.717, 1.165) is 48.0 Å². The summed E-state index contributed by atoms with van der Waals surface area (Å²) in [5.41, 5.74) is 0.588. The zero-order valence-electron chi connectivity index (χ0n) is 21.2. The molecule has 0 aromatic carbocycles. The molecule has 0 aromatic rings. The van der Waals surface area contributed by atoms with Crippen molar-refractivity contribution in [3.05, 3.63) is 0 Å². The molecule has 0 aromatic heterocycles. The van der Waals surface area contributed by atoms with Crippen molar-refractivity contribution in [1.29, 1.82) is 0 Å². The zero-order chi connectivity index (χ0) is 21.8. The smallest absolute Gasteiger partial charge is 0.0635 e. The summed E-state index contributed by atoms with van der Waals surface area (Å²) in [4.78, 5) is 0. The van der Waals surface area contributed by atoms with Crippen LogP contribution in [0.15, 0.2) is 0 Å². The highest BCUT2D eigenvalue weighted by atomic mass is 16.5. The van der Waals surface area contributed by atoms with Crippen molar-refractivity contribution in [2.45, 2.75) is 124 Å². The highest BCUT2D eigenvalue weighted by Gasteiger charge is 2.53. The van der Waals surface area contributed by atoms with E-state index in [1.807, 2.05) is 0 Å². The summed E-state index contributed by atoms with van der Waals surface area (Å²) in [5, 5.41) is 0. The van der Waals surface area contributed by atoms with E-state index in [0.29, 0.717) is 29.6 Å². The molecule has 8 aliphatic carbocycles. The molecule has 0 amide bonds. The SMILES string of the molecule is CC(C)C(C)OC1C2CC3CC(C2)CC1C3.CCOC(C)C12CC3CC(CC(C3)C1)C2. The van der Waals surface area contributed by atoms with Gasteiger partial charge in [0.05, 0.1) is 18.3 Å². The lowest BCUT2D eigenvalue weighted by atomic mass is 9.48. The minimum Gasteiger partial charge on any atom is -0.378 e. The lowest BCUT2D eigenvalue weighted by Gasteiger charge is -2.58. The number of hydrogen-bond acceptors (Lipinski definition) is 2. The van der Waals surface area contributed by atoms with Crippen molar-refractivity contribution >= 4 is 0 Å². The van der Waals surface area contributed by atoms with Crippen LogP contribution in [0.2, 0.25) is 0 Å². The third-order valence-electron chi connectivity index (χ3n) is 10.8. The highest BCUT2D eigenvalue weighted by molar-refractivity contribution is 5.04. The molecule has 178 valence electrons. The van der Waals surface area contributed by atoms with Gasteiger partial charge < -0.3 is 9.47 Å². The summed E-state index contributed by atoms with van der Waals surface area (Å²) in [6.45, 7) is 12.2. The molecule has 0 N–H and O–H groups in total. The van der Waals surface area contributed by atoms with Crippen LogP contribution in [0, 0.1) is 52.8 Å². The molecular formula is C29H50O2. The van der Waals surface area contributed by atoms with Crippen molar-refractivity contribution in [1.82, 2.24) is 0 Å². The minimum atomic E-state index is 0.447. The fourth-order valence-electron chi connectivity index (χ4n) is 9.60. The first-order valence-electron chi connectivity index (χ1n) is 14.1. The molecule has 0 radical (unpaired) electrons. The summed E-state index contributed by atoms with van der Waals surface area (Å²) < 4.78 is 12.3. The second kappa shape index (κ2) is 8.94. The summed E-state index contributed by atoms with van der Waals surface area (Å²) in [5.74, 6) is 7.79. The topological polar surface area (TPSA) is 18.5 Å². The van der Waals surface area contributed by atoms with Gasteiger partial charge >= 0.3 is 0 Å². The summed E-state index contributed by atoms with van der Waals surface area (Å²) in [6, 6.07) is 0. The molecule has 0 spiro atoms. The van der Waals surface area contributed by atoms with Crippen LogP contribution in [0.1, 0.15) is 105 Å². The molecule has 0 saturated heterocycles. The molecule has 2 nitrogen and oxygen atoms in total. The molecule has 2 unspecified atom stereocenters. The first-order valence-corrected chi connectivity index (χ1v) is 14.1. The van der Waals surface area contributed by atoms with E-state index in [1.54, 1.807) is 6.42 Å². The molecule has 8 rings (SSSR count). The maximum Gasteiger partial charge on any atom is 0.0635 e. The van der Waals surface area contributed by atoms with Crippen LogP contribution in [-0.2, 0) is 9.47 Å². The first-order chi connectivity index (χ1) is 14.8. The Balaban J connectivity index is 0.000000132. The molecule has 8 saturated carbocycles. The van der Waals surface area contributed by atoms with Gasteiger partial charge in [-0.15, -0.1) is 0 Å². The van der Waals surface area contributed by atoms with Crippen molar-refractivity contribution in [3.8, 4) is 0 Å². The Morgan fingerprint density at radius 2 is 1.13 bits per heavy atom. The quantitative estimate of drug-likeness (QED) is 0.434. The van der Waals surface area contributed by atoms with Crippen LogP contribution < -0.4 is 0 Å². The van der Waals surface area contributed by atoms with Crippen molar-refractivity contribution < 1.29 is 9.47 Å². The van der Waals surface area contributed by atoms with Gasteiger partial charge in [-0.25, -0.2) is 0 Å². The maximum absolute atomic E-state index is 6.39. The fraction of sp³-hybridized carbons (Fsp3) is 1.00.